The Hall–Kier alpha value is -1.70. The molecule has 0 radical (unpaired) electrons. The number of piperidine rings is 1. The lowest BCUT2D eigenvalue weighted by molar-refractivity contribution is 0.440. The summed E-state index contributed by atoms with van der Waals surface area (Å²) >= 11 is 0. The van der Waals surface area contributed by atoms with E-state index in [0.717, 1.165) is 24.9 Å². The second-order valence-corrected chi connectivity index (χ2v) is 7.97. The van der Waals surface area contributed by atoms with Crippen LogP contribution >= 0.6 is 0 Å². The summed E-state index contributed by atoms with van der Waals surface area (Å²) in [6.45, 7) is 1.55. The van der Waals surface area contributed by atoms with Crippen molar-refractivity contribution in [3.8, 4) is 0 Å². The molecule has 0 spiro atoms. The van der Waals surface area contributed by atoms with E-state index in [9.17, 15) is 8.42 Å². The van der Waals surface area contributed by atoms with Crippen LogP contribution in [0, 0.1) is 5.92 Å². The van der Waals surface area contributed by atoms with Crippen LogP contribution in [0.4, 0.5) is 5.95 Å². The number of anilines is 1. The molecule has 1 unspecified atom stereocenters. The zero-order chi connectivity index (χ0) is 15.0. The number of nitrogens with zero attached hydrogens (tertiary/aromatic N) is 5. The fourth-order valence-corrected chi connectivity index (χ4v) is 4.00. The number of fused-ring (bicyclic) bond motifs is 1. The first-order valence-electron chi connectivity index (χ1n) is 6.99. The number of hydrogen-bond donors (Lipinski definition) is 0. The van der Waals surface area contributed by atoms with E-state index in [2.05, 4.69) is 19.9 Å². The highest BCUT2D eigenvalue weighted by molar-refractivity contribution is 7.90. The summed E-state index contributed by atoms with van der Waals surface area (Å²) < 4.78 is 24.8. The SMILES string of the molecule is Cn1cnc2nc(N3CCCC(CS(C)(=O)=O)C3)ncc21. The molecule has 1 aliphatic heterocycles. The first kappa shape index (κ1) is 14.2. The van der Waals surface area contributed by atoms with E-state index in [4.69, 9.17) is 0 Å². The molecule has 7 nitrogen and oxygen atoms in total. The van der Waals surface area contributed by atoms with Gasteiger partial charge in [-0.1, -0.05) is 0 Å². The number of sulfone groups is 1. The zero-order valence-corrected chi connectivity index (χ0v) is 13.0. The van der Waals surface area contributed by atoms with Crippen molar-refractivity contribution in [2.45, 2.75) is 12.8 Å². The third-order valence-electron chi connectivity index (χ3n) is 3.81. The van der Waals surface area contributed by atoms with Gasteiger partial charge in [-0.25, -0.2) is 18.4 Å². The number of aryl methyl sites for hydroxylation is 1. The Morgan fingerprint density at radius 3 is 2.95 bits per heavy atom. The van der Waals surface area contributed by atoms with Crippen molar-refractivity contribution >= 4 is 26.9 Å². The Morgan fingerprint density at radius 2 is 2.19 bits per heavy atom. The molecule has 1 aliphatic rings. The molecule has 1 saturated heterocycles. The summed E-state index contributed by atoms with van der Waals surface area (Å²) in [5.74, 6) is 1.02. The number of aromatic nitrogens is 4. The highest BCUT2D eigenvalue weighted by atomic mass is 32.2. The van der Waals surface area contributed by atoms with Gasteiger partial charge in [-0.15, -0.1) is 0 Å². The monoisotopic (exact) mass is 309 g/mol. The Morgan fingerprint density at radius 1 is 1.38 bits per heavy atom. The fraction of sp³-hybridized carbons (Fsp3) is 0.615. The van der Waals surface area contributed by atoms with E-state index in [0.29, 0.717) is 18.1 Å². The van der Waals surface area contributed by atoms with Crippen LogP contribution in [-0.4, -0.2) is 53.0 Å². The van der Waals surface area contributed by atoms with Crippen LogP contribution < -0.4 is 4.90 Å². The molecule has 3 rings (SSSR count). The van der Waals surface area contributed by atoms with E-state index < -0.39 is 9.84 Å². The molecule has 1 fully saturated rings. The molecule has 3 heterocycles. The topological polar surface area (TPSA) is 81.0 Å². The average molecular weight is 309 g/mol. The first-order chi connectivity index (χ1) is 9.92. The summed E-state index contributed by atoms with van der Waals surface area (Å²) in [7, 11) is -1.04. The molecule has 2 aromatic heterocycles. The van der Waals surface area contributed by atoms with E-state index in [-0.39, 0.29) is 11.7 Å². The summed E-state index contributed by atoms with van der Waals surface area (Å²) in [4.78, 5) is 15.2. The molecule has 2 aromatic rings. The van der Waals surface area contributed by atoms with Gasteiger partial charge in [0.2, 0.25) is 5.95 Å². The highest BCUT2D eigenvalue weighted by Gasteiger charge is 2.25. The standard InChI is InChI=1S/C13H19N5O2S/c1-17-9-15-12-11(17)6-14-13(16-12)18-5-3-4-10(7-18)8-21(2,19)20/h6,9-10H,3-5,7-8H2,1-2H3. The van der Waals surface area contributed by atoms with Gasteiger partial charge in [0.25, 0.3) is 0 Å². The van der Waals surface area contributed by atoms with Gasteiger partial charge in [0.05, 0.1) is 18.3 Å². The van der Waals surface area contributed by atoms with Gasteiger partial charge < -0.3 is 9.47 Å². The second kappa shape index (κ2) is 5.25. The maximum Gasteiger partial charge on any atom is 0.227 e. The Labute approximate surface area is 123 Å². The molecular weight excluding hydrogens is 290 g/mol. The third-order valence-corrected chi connectivity index (χ3v) is 4.89. The smallest absolute Gasteiger partial charge is 0.227 e. The van der Waals surface area contributed by atoms with Crippen molar-refractivity contribution in [3.63, 3.8) is 0 Å². The number of rotatable bonds is 3. The van der Waals surface area contributed by atoms with Crippen LogP contribution in [-0.2, 0) is 16.9 Å². The third kappa shape index (κ3) is 3.15. The minimum atomic E-state index is -2.94. The Balaban J connectivity index is 1.81. The normalized spacial score (nSPS) is 20.1. The maximum absolute atomic E-state index is 11.5. The van der Waals surface area contributed by atoms with Crippen LogP contribution in [0.1, 0.15) is 12.8 Å². The molecule has 0 amide bonds. The van der Waals surface area contributed by atoms with Crippen molar-refractivity contribution in [1.82, 2.24) is 19.5 Å². The van der Waals surface area contributed by atoms with Gasteiger partial charge in [0.1, 0.15) is 15.4 Å². The fourth-order valence-electron chi connectivity index (χ4n) is 2.87. The van der Waals surface area contributed by atoms with Gasteiger partial charge >= 0.3 is 0 Å². The predicted molar refractivity (Wildman–Crippen MR) is 81.0 cm³/mol. The molecule has 0 saturated carbocycles. The van der Waals surface area contributed by atoms with Crippen molar-refractivity contribution in [3.05, 3.63) is 12.5 Å². The largest absolute Gasteiger partial charge is 0.340 e. The van der Waals surface area contributed by atoms with Crippen LogP contribution in [0.2, 0.25) is 0 Å². The molecule has 8 heteroatoms. The van der Waals surface area contributed by atoms with Crippen LogP contribution in [0.5, 0.6) is 0 Å². The molecule has 0 aromatic carbocycles. The predicted octanol–water partition coefficient (Wildman–Crippen LogP) is 0.624. The molecular formula is C13H19N5O2S. The molecule has 1 atom stereocenters. The van der Waals surface area contributed by atoms with Crippen molar-refractivity contribution < 1.29 is 8.42 Å². The van der Waals surface area contributed by atoms with Gasteiger partial charge in [0, 0.05) is 26.4 Å². The summed E-state index contributed by atoms with van der Waals surface area (Å²) in [5.41, 5.74) is 1.57. The number of imidazole rings is 1. The summed E-state index contributed by atoms with van der Waals surface area (Å²) in [6, 6.07) is 0. The van der Waals surface area contributed by atoms with Gasteiger partial charge in [-0.05, 0) is 18.8 Å². The van der Waals surface area contributed by atoms with Gasteiger partial charge in [-0.3, -0.25) is 0 Å². The van der Waals surface area contributed by atoms with Crippen molar-refractivity contribution in [2.75, 3.05) is 30.0 Å². The van der Waals surface area contributed by atoms with Crippen LogP contribution in [0.3, 0.4) is 0 Å². The molecule has 114 valence electrons. The van der Waals surface area contributed by atoms with Crippen molar-refractivity contribution in [2.24, 2.45) is 13.0 Å². The Kier molecular flexibility index (Phi) is 3.56. The first-order valence-corrected chi connectivity index (χ1v) is 9.05. The lowest BCUT2D eigenvalue weighted by Gasteiger charge is -2.32. The van der Waals surface area contributed by atoms with Gasteiger partial charge in [0.15, 0.2) is 5.65 Å². The number of hydrogen-bond acceptors (Lipinski definition) is 6. The quantitative estimate of drug-likeness (QED) is 0.827. The van der Waals surface area contributed by atoms with E-state index in [1.165, 1.54) is 6.26 Å². The summed E-state index contributed by atoms with van der Waals surface area (Å²) in [6.07, 6.45) is 6.68. The van der Waals surface area contributed by atoms with Crippen LogP contribution in [0.25, 0.3) is 11.2 Å². The molecule has 0 aliphatic carbocycles. The minimum Gasteiger partial charge on any atom is -0.340 e. The maximum atomic E-state index is 11.5. The summed E-state index contributed by atoms with van der Waals surface area (Å²) in [5, 5.41) is 0. The van der Waals surface area contributed by atoms with Gasteiger partial charge in [-0.2, -0.15) is 4.98 Å². The highest BCUT2D eigenvalue weighted by Crippen LogP contribution is 2.22. The van der Waals surface area contributed by atoms with E-state index >= 15 is 0 Å². The van der Waals surface area contributed by atoms with Crippen molar-refractivity contribution in [1.29, 1.82) is 0 Å². The van der Waals surface area contributed by atoms with E-state index in [1.54, 1.807) is 12.5 Å². The minimum absolute atomic E-state index is 0.150. The molecule has 0 N–H and O–H groups in total. The van der Waals surface area contributed by atoms with Crippen LogP contribution in [0.15, 0.2) is 12.5 Å². The zero-order valence-electron chi connectivity index (χ0n) is 12.2. The molecule has 0 bridgehead atoms. The molecule has 21 heavy (non-hydrogen) atoms. The second-order valence-electron chi connectivity index (χ2n) is 5.78. The van der Waals surface area contributed by atoms with E-state index in [1.807, 2.05) is 11.6 Å². The Bertz CT molecular complexity index is 755. The average Bonchev–Trinajstić information content (AvgIpc) is 2.78. The lowest BCUT2D eigenvalue weighted by atomic mass is 10.0. The lowest BCUT2D eigenvalue weighted by Crippen LogP contribution is -2.39.